The fourth-order valence-corrected chi connectivity index (χ4v) is 4.06. The molecule has 3 aromatic rings. The smallest absolute Gasteiger partial charge is 0.233 e. The SMILES string of the molecule is Cc1ccccc1OCc1nc(SCC(=O)N2CCN(c3ccccc3)CC2)n[nH]1. The zero-order chi connectivity index (χ0) is 20.8. The van der Waals surface area contributed by atoms with Gasteiger partial charge in [0.15, 0.2) is 5.82 Å². The van der Waals surface area contributed by atoms with Crippen molar-refractivity contribution in [3.63, 3.8) is 0 Å². The zero-order valence-corrected chi connectivity index (χ0v) is 17.8. The number of aromatic nitrogens is 3. The minimum atomic E-state index is 0.121. The molecule has 0 saturated carbocycles. The van der Waals surface area contributed by atoms with E-state index in [4.69, 9.17) is 4.74 Å². The van der Waals surface area contributed by atoms with E-state index < -0.39 is 0 Å². The quantitative estimate of drug-likeness (QED) is 0.589. The van der Waals surface area contributed by atoms with Crippen molar-refractivity contribution < 1.29 is 9.53 Å². The first kappa shape index (κ1) is 20.3. The monoisotopic (exact) mass is 423 g/mol. The van der Waals surface area contributed by atoms with Gasteiger partial charge in [0, 0.05) is 31.9 Å². The van der Waals surface area contributed by atoms with Gasteiger partial charge in [-0.05, 0) is 30.7 Å². The lowest BCUT2D eigenvalue weighted by Crippen LogP contribution is -2.49. The summed E-state index contributed by atoms with van der Waals surface area (Å²) in [5, 5.41) is 7.64. The third-order valence-corrected chi connectivity index (χ3v) is 5.88. The number of aryl methyl sites for hydroxylation is 1. The molecule has 0 radical (unpaired) electrons. The Labute approximate surface area is 180 Å². The number of nitrogens with one attached hydrogen (secondary N) is 1. The molecule has 0 atom stereocenters. The maximum absolute atomic E-state index is 12.6. The first-order chi connectivity index (χ1) is 14.7. The summed E-state index contributed by atoms with van der Waals surface area (Å²) in [4.78, 5) is 21.2. The van der Waals surface area contributed by atoms with Gasteiger partial charge in [0.1, 0.15) is 12.4 Å². The van der Waals surface area contributed by atoms with Crippen molar-refractivity contribution >= 4 is 23.4 Å². The molecule has 0 aliphatic carbocycles. The van der Waals surface area contributed by atoms with E-state index in [0.717, 1.165) is 37.5 Å². The first-order valence-corrected chi connectivity index (χ1v) is 11.0. The second kappa shape index (κ2) is 9.67. The molecule has 1 aromatic heterocycles. The van der Waals surface area contributed by atoms with Gasteiger partial charge in [-0.1, -0.05) is 48.2 Å². The van der Waals surface area contributed by atoms with Crippen LogP contribution in [0.15, 0.2) is 59.8 Å². The maximum atomic E-state index is 12.6. The van der Waals surface area contributed by atoms with Crippen LogP contribution in [0.1, 0.15) is 11.4 Å². The van der Waals surface area contributed by atoms with E-state index in [-0.39, 0.29) is 5.91 Å². The minimum absolute atomic E-state index is 0.121. The van der Waals surface area contributed by atoms with Crippen molar-refractivity contribution in [3.8, 4) is 5.75 Å². The van der Waals surface area contributed by atoms with Gasteiger partial charge < -0.3 is 14.5 Å². The number of piperazine rings is 1. The summed E-state index contributed by atoms with van der Waals surface area (Å²) in [7, 11) is 0. The van der Waals surface area contributed by atoms with E-state index >= 15 is 0 Å². The summed E-state index contributed by atoms with van der Waals surface area (Å²) in [6.07, 6.45) is 0. The summed E-state index contributed by atoms with van der Waals surface area (Å²) in [6.45, 7) is 5.48. The molecule has 1 amide bonds. The Morgan fingerprint density at radius 3 is 2.57 bits per heavy atom. The Bertz CT molecular complexity index is 970. The van der Waals surface area contributed by atoms with Crippen molar-refractivity contribution in [2.75, 3.05) is 36.8 Å². The van der Waals surface area contributed by atoms with E-state index in [0.29, 0.717) is 23.3 Å². The number of amides is 1. The molecule has 1 fully saturated rings. The predicted octanol–water partition coefficient (Wildman–Crippen LogP) is 3.13. The first-order valence-electron chi connectivity index (χ1n) is 9.99. The fourth-order valence-electron chi connectivity index (χ4n) is 3.34. The van der Waals surface area contributed by atoms with Crippen LogP contribution in [0.4, 0.5) is 5.69 Å². The number of benzene rings is 2. The number of thioether (sulfide) groups is 1. The van der Waals surface area contributed by atoms with Crippen LogP contribution in [0, 0.1) is 6.92 Å². The fraction of sp³-hybridized carbons (Fsp3) is 0.318. The highest BCUT2D eigenvalue weighted by Gasteiger charge is 2.21. The third kappa shape index (κ3) is 5.13. The van der Waals surface area contributed by atoms with Gasteiger partial charge in [0.05, 0.1) is 5.75 Å². The largest absolute Gasteiger partial charge is 0.485 e. The van der Waals surface area contributed by atoms with Crippen LogP contribution < -0.4 is 9.64 Å². The summed E-state index contributed by atoms with van der Waals surface area (Å²) >= 11 is 1.35. The van der Waals surface area contributed by atoms with Crippen molar-refractivity contribution in [2.24, 2.45) is 0 Å². The molecule has 4 rings (SSSR count). The predicted molar refractivity (Wildman–Crippen MR) is 118 cm³/mol. The highest BCUT2D eigenvalue weighted by atomic mass is 32.2. The average molecular weight is 424 g/mol. The normalized spacial score (nSPS) is 14.0. The number of anilines is 1. The van der Waals surface area contributed by atoms with Gasteiger partial charge in [-0.2, -0.15) is 0 Å². The van der Waals surface area contributed by atoms with Crippen LogP contribution in [0.5, 0.6) is 5.75 Å². The lowest BCUT2D eigenvalue weighted by molar-refractivity contribution is -0.128. The number of nitrogens with zero attached hydrogens (tertiary/aromatic N) is 4. The molecule has 0 spiro atoms. The molecule has 2 heterocycles. The zero-order valence-electron chi connectivity index (χ0n) is 17.0. The number of aromatic amines is 1. The lowest BCUT2D eigenvalue weighted by atomic mass is 10.2. The molecule has 1 aliphatic rings. The van der Waals surface area contributed by atoms with Gasteiger partial charge in [0.2, 0.25) is 11.1 Å². The van der Waals surface area contributed by atoms with Crippen LogP contribution in [-0.4, -0.2) is 57.9 Å². The van der Waals surface area contributed by atoms with Gasteiger partial charge in [0.25, 0.3) is 0 Å². The summed E-state index contributed by atoms with van der Waals surface area (Å²) in [6, 6.07) is 18.2. The van der Waals surface area contributed by atoms with Crippen molar-refractivity contribution in [3.05, 3.63) is 66.0 Å². The van der Waals surface area contributed by atoms with Crippen LogP contribution in [-0.2, 0) is 11.4 Å². The third-order valence-electron chi connectivity index (χ3n) is 5.05. The Kier molecular flexibility index (Phi) is 6.53. The van der Waals surface area contributed by atoms with Gasteiger partial charge in [-0.25, -0.2) is 4.98 Å². The van der Waals surface area contributed by atoms with Crippen LogP contribution in [0.25, 0.3) is 0 Å². The molecule has 1 N–H and O–H groups in total. The summed E-state index contributed by atoms with van der Waals surface area (Å²) in [5.74, 6) is 1.93. The number of carbonyl (C=O) groups excluding carboxylic acids is 1. The molecule has 2 aromatic carbocycles. The molecule has 30 heavy (non-hydrogen) atoms. The number of para-hydroxylation sites is 2. The van der Waals surface area contributed by atoms with Crippen LogP contribution in [0.2, 0.25) is 0 Å². The van der Waals surface area contributed by atoms with Crippen molar-refractivity contribution in [2.45, 2.75) is 18.7 Å². The van der Waals surface area contributed by atoms with E-state index in [1.54, 1.807) is 0 Å². The van der Waals surface area contributed by atoms with Crippen LogP contribution in [0.3, 0.4) is 0 Å². The van der Waals surface area contributed by atoms with Gasteiger partial charge in [-0.3, -0.25) is 9.89 Å². The Morgan fingerprint density at radius 1 is 1.07 bits per heavy atom. The summed E-state index contributed by atoms with van der Waals surface area (Å²) < 4.78 is 5.78. The van der Waals surface area contributed by atoms with Crippen molar-refractivity contribution in [1.29, 1.82) is 0 Å². The Hall–Kier alpha value is -3.00. The summed E-state index contributed by atoms with van der Waals surface area (Å²) in [5.41, 5.74) is 2.28. The molecular formula is C22H25N5O2S. The van der Waals surface area contributed by atoms with Crippen molar-refractivity contribution in [1.82, 2.24) is 20.1 Å². The van der Waals surface area contributed by atoms with E-state index in [1.165, 1.54) is 17.4 Å². The number of carbonyl (C=O) groups is 1. The number of ether oxygens (including phenoxy) is 1. The number of rotatable bonds is 7. The van der Waals surface area contributed by atoms with Gasteiger partial charge in [-0.15, -0.1) is 5.10 Å². The lowest BCUT2D eigenvalue weighted by Gasteiger charge is -2.36. The topological polar surface area (TPSA) is 74.3 Å². The second-order valence-electron chi connectivity index (χ2n) is 7.11. The highest BCUT2D eigenvalue weighted by molar-refractivity contribution is 7.99. The molecule has 1 saturated heterocycles. The van der Waals surface area contributed by atoms with E-state index in [9.17, 15) is 4.79 Å². The van der Waals surface area contributed by atoms with Gasteiger partial charge >= 0.3 is 0 Å². The minimum Gasteiger partial charge on any atom is -0.485 e. The number of H-pyrrole nitrogens is 1. The highest BCUT2D eigenvalue weighted by Crippen LogP contribution is 2.19. The Balaban J connectivity index is 1.21. The number of hydrogen-bond acceptors (Lipinski definition) is 6. The van der Waals surface area contributed by atoms with Crippen LogP contribution >= 0.6 is 11.8 Å². The standard InChI is InChI=1S/C22H25N5O2S/c1-17-7-5-6-10-19(17)29-15-20-23-22(25-24-20)30-16-21(28)27-13-11-26(12-14-27)18-8-3-2-4-9-18/h2-10H,11-16H2,1H3,(H,23,24,25). The number of hydrogen-bond donors (Lipinski definition) is 1. The molecular weight excluding hydrogens is 398 g/mol. The molecule has 7 nitrogen and oxygen atoms in total. The molecule has 8 heteroatoms. The second-order valence-corrected chi connectivity index (χ2v) is 8.05. The molecule has 0 unspecified atom stereocenters. The maximum Gasteiger partial charge on any atom is 0.233 e. The average Bonchev–Trinajstić information content (AvgIpc) is 3.25. The van der Waals surface area contributed by atoms with E-state index in [2.05, 4.69) is 32.2 Å². The van der Waals surface area contributed by atoms with E-state index in [1.807, 2.05) is 54.3 Å². The Morgan fingerprint density at radius 2 is 1.80 bits per heavy atom. The molecule has 156 valence electrons. The molecule has 0 bridgehead atoms. The molecule has 1 aliphatic heterocycles.